The van der Waals surface area contributed by atoms with E-state index in [4.69, 9.17) is 4.74 Å². The van der Waals surface area contributed by atoms with Crippen LogP contribution in [0.2, 0.25) is 0 Å². The van der Waals surface area contributed by atoms with E-state index in [0.29, 0.717) is 5.92 Å². The van der Waals surface area contributed by atoms with Gasteiger partial charge in [0.2, 0.25) is 0 Å². The van der Waals surface area contributed by atoms with Gasteiger partial charge in [-0.05, 0) is 37.0 Å². The van der Waals surface area contributed by atoms with Crippen LogP contribution in [0.1, 0.15) is 52.4 Å². The zero-order valence-corrected chi connectivity index (χ0v) is 9.87. The first-order chi connectivity index (χ1) is 7.18. The fraction of sp³-hybridized carbons (Fsp3) is 0.923. The zero-order chi connectivity index (χ0) is 10.8. The van der Waals surface area contributed by atoms with Crippen molar-refractivity contribution in [2.24, 2.45) is 17.8 Å². The number of fused-ring (bicyclic) bond motifs is 1. The molecular weight excluding hydrogens is 188 g/mol. The summed E-state index contributed by atoms with van der Waals surface area (Å²) in [5, 5.41) is 0. The van der Waals surface area contributed by atoms with Crippen LogP contribution in [0.15, 0.2) is 0 Å². The minimum atomic E-state index is -0.110. The average Bonchev–Trinajstić information content (AvgIpc) is 2.22. The summed E-state index contributed by atoms with van der Waals surface area (Å²) in [6.07, 6.45) is 8.09. The van der Waals surface area contributed by atoms with Crippen LogP contribution in [0, 0.1) is 17.8 Å². The third-order valence-electron chi connectivity index (χ3n) is 4.37. The molecule has 2 fully saturated rings. The first-order valence-electron chi connectivity index (χ1n) is 6.35. The summed E-state index contributed by atoms with van der Waals surface area (Å²) in [6.45, 7) is 3.80. The van der Waals surface area contributed by atoms with Crippen molar-refractivity contribution in [2.45, 2.75) is 58.5 Å². The summed E-state index contributed by atoms with van der Waals surface area (Å²) in [4.78, 5) is 11.0. The highest BCUT2D eigenvalue weighted by atomic mass is 16.5. The van der Waals surface area contributed by atoms with E-state index >= 15 is 0 Å². The molecule has 0 aliphatic heterocycles. The molecule has 0 amide bonds. The fourth-order valence-corrected chi connectivity index (χ4v) is 3.58. The molecule has 0 aromatic rings. The van der Waals surface area contributed by atoms with Gasteiger partial charge in [0.15, 0.2) is 0 Å². The van der Waals surface area contributed by atoms with E-state index in [0.717, 1.165) is 18.3 Å². The minimum Gasteiger partial charge on any atom is -0.462 e. The van der Waals surface area contributed by atoms with Gasteiger partial charge < -0.3 is 4.74 Å². The third kappa shape index (κ3) is 2.35. The zero-order valence-electron chi connectivity index (χ0n) is 9.87. The molecule has 0 heterocycles. The molecule has 0 N–H and O–H groups in total. The van der Waals surface area contributed by atoms with E-state index < -0.39 is 0 Å². The molecule has 0 radical (unpaired) electrons. The number of carbonyl (C=O) groups excluding carboxylic acids is 1. The van der Waals surface area contributed by atoms with Gasteiger partial charge in [-0.2, -0.15) is 0 Å². The Balaban J connectivity index is 1.98. The maximum absolute atomic E-state index is 11.0. The van der Waals surface area contributed by atoms with Crippen molar-refractivity contribution in [2.75, 3.05) is 0 Å². The Labute approximate surface area is 92.4 Å². The standard InChI is InChI=1S/C13H22O2/c1-9-12-6-4-3-5-11(12)7-8-13(9)15-10(2)14/h9,11-13H,3-8H2,1-2H3. The third-order valence-corrected chi connectivity index (χ3v) is 4.37. The topological polar surface area (TPSA) is 26.3 Å². The lowest BCUT2D eigenvalue weighted by molar-refractivity contribution is -0.154. The van der Waals surface area contributed by atoms with Gasteiger partial charge in [-0.3, -0.25) is 4.79 Å². The highest BCUT2D eigenvalue weighted by Crippen LogP contribution is 2.44. The smallest absolute Gasteiger partial charge is 0.302 e. The van der Waals surface area contributed by atoms with Crippen LogP contribution >= 0.6 is 0 Å². The molecule has 4 atom stereocenters. The monoisotopic (exact) mass is 210 g/mol. The van der Waals surface area contributed by atoms with Crippen LogP contribution in [0.4, 0.5) is 0 Å². The van der Waals surface area contributed by atoms with Crippen LogP contribution in [0.3, 0.4) is 0 Å². The molecule has 2 saturated carbocycles. The van der Waals surface area contributed by atoms with Crippen LogP contribution < -0.4 is 0 Å². The summed E-state index contributed by atoms with van der Waals surface area (Å²) in [5.41, 5.74) is 0. The van der Waals surface area contributed by atoms with Crippen molar-refractivity contribution in [3.63, 3.8) is 0 Å². The van der Waals surface area contributed by atoms with E-state index in [1.807, 2.05) is 0 Å². The first kappa shape index (κ1) is 11.0. The Hall–Kier alpha value is -0.530. The quantitative estimate of drug-likeness (QED) is 0.621. The number of carbonyl (C=O) groups is 1. The van der Waals surface area contributed by atoms with Crippen molar-refractivity contribution >= 4 is 5.97 Å². The molecule has 0 aromatic heterocycles. The number of hydrogen-bond acceptors (Lipinski definition) is 2. The first-order valence-corrected chi connectivity index (χ1v) is 6.35. The van der Waals surface area contributed by atoms with Crippen molar-refractivity contribution in [1.29, 1.82) is 0 Å². The second-order valence-corrected chi connectivity index (χ2v) is 5.29. The largest absolute Gasteiger partial charge is 0.462 e. The molecule has 0 spiro atoms. The Morgan fingerprint density at radius 1 is 1.13 bits per heavy atom. The van der Waals surface area contributed by atoms with Crippen LogP contribution in [-0.2, 0) is 9.53 Å². The number of rotatable bonds is 1. The lowest BCUT2D eigenvalue weighted by Crippen LogP contribution is -2.40. The van der Waals surface area contributed by atoms with E-state index in [2.05, 4.69) is 6.92 Å². The summed E-state index contributed by atoms with van der Waals surface area (Å²) in [7, 11) is 0. The predicted octanol–water partition coefficient (Wildman–Crippen LogP) is 3.15. The van der Waals surface area contributed by atoms with E-state index in [-0.39, 0.29) is 12.1 Å². The van der Waals surface area contributed by atoms with Gasteiger partial charge in [0.05, 0.1) is 0 Å². The molecule has 2 heteroatoms. The molecule has 2 nitrogen and oxygen atoms in total. The molecule has 4 unspecified atom stereocenters. The Morgan fingerprint density at radius 2 is 1.87 bits per heavy atom. The molecule has 0 bridgehead atoms. The number of ether oxygens (including phenoxy) is 1. The Morgan fingerprint density at radius 3 is 2.60 bits per heavy atom. The van der Waals surface area contributed by atoms with Gasteiger partial charge in [0.25, 0.3) is 0 Å². The lowest BCUT2D eigenvalue weighted by Gasteiger charge is -2.43. The normalized spacial score (nSPS) is 40.7. The van der Waals surface area contributed by atoms with Crippen LogP contribution in [0.5, 0.6) is 0 Å². The van der Waals surface area contributed by atoms with Crippen LogP contribution in [-0.4, -0.2) is 12.1 Å². The van der Waals surface area contributed by atoms with E-state index in [1.54, 1.807) is 0 Å². The molecule has 0 aromatic carbocycles. The second-order valence-electron chi connectivity index (χ2n) is 5.29. The van der Waals surface area contributed by atoms with E-state index in [1.165, 1.54) is 39.0 Å². The molecule has 15 heavy (non-hydrogen) atoms. The summed E-state index contributed by atoms with van der Waals surface area (Å²) in [6, 6.07) is 0. The van der Waals surface area contributed by atoms with Crippen molar-refractivity contribution in [3.8, 4) is 0 Å². The minimum absolute atomic E-state index is 0.110. The van der Waals surface area contributed by atoms with Crippen molar-refractivity contribution in [3.05, 3.63) is 0 Å². The maximum atomic E-state index is 11.0. The van der Waals surface area contributed by atoms with Gasteiger partial charge in [-0.1, -0.05) is 26.2 Å². The predicted molar refractivity (Wildman–Crippen MR) is 59.4 cm³/mol. The molecule has 2 aliphatic rings. The Kier molecular flexibility index (Phi) is 3.32. The molecule has 0 saturated heterocycles. The second kappa shape index (κ2) is 4.54. The highest BCUT2D eigenvalue weighted by Gasteiger charge is 2.39. The van der Waals surface area contributed by atoms with Gasteiger partial charge >= 0.3 is 5.97 Å². The maximum Gasteiger partial charge on any atom is 0.302 e. The molecule has 86 valence electrons. The van der Waals surface area contributed by atoms with Crippen molar-refractivity contribution < 1.29 is 9.53 Å². The Bertz CT molecular complexity index is 237. The molecular formula is C13H22O2. The summed E-state index contributed by atoms with van der Waals surface area (Å²) < 4.78 is 5.41. The number of hydrogen-bond donors (Lipinski definition) is 0. The van der Waals surface area contributed by atoms with Gasteiger partial charge in [-0.25, -0.2) is 0 Å². The number of esters is 1. The summed E-state index contributed by atoms with van der Waals surface area (Å²) in [5.74, 6) is 2.20. The molecule has 2 rings (SSSR count). The van der Waals surface area contributed by atoms with Gasteiger partial charge in [0.1, 0.15) is 6.10 Å². The van der Waals surface area contributed by atoms with E-state index in [9.17, 15) is 4.79 Å². The van der Waals surface area contributed by atoms with Gasteiger partial charge in [0, 0.05) is 6.92 Å². The summed E-state index contributed by atoms with van der Waals surface area (Å²) >= 11 is 0. The highest BCUT2D eigenvalue weighted by molar-refractivity contribution is 5.66. The van der Waals surface area contributed by atoms with Gasteiger partial charge in [-0.15, -0.1) is 0 Å². The van der Waals surface area contributed by atoms with Crippen LogP contribution in [0.25, 0.3) is 0 Å². The SMILES string of the molecule is CC(=O)OC1CCC2CCCCC2C1C. The fourth-order valence-electron chi connectivity index (χ4n) is 3.58. The van der Waals surface area contributed by atoms with Crippen molar-refractivity contribution in [1.82, 2.24) is 0 Å². The lowest BCUT2D eigenvalue weighted by atomic mass is 9.65. The average molecular weight is 210 g/mol. The molecule has 2 aliphatic carbocycles.